The number of hydrogen-bond acceptors (Lipinski definition) is 2. The van der Waals surface area contributed by atoms with Crippen LogP contribution in [0, 0.1) is 6.92 Å². The number of fused-ring (bicyclic) bond motifs is 1. The van der Waals surface area contributed by atoms with E-state index in [2.05, 4.69) is 29.7 Å². The maximum atomic E-state index is 6.31. The largest absolute Gasteiger partial charge is 0.381 e. The highest BCUT2D eigenvalue weighted by atomic mass is 35.5. The van der Waals surface area contributed by atoms with Crippen LogP contribution in [0.25, 0.3) is 11.0 Å². The molecular formula is C15H19ClN2O. The van der Waals surface area contributed by atoms with Crippen molar-refractivity contribution in [1.82, 2.24) is 9.55 Å². The zero-order valence-corrected chi connectivity index (χ0v) is 12.3. The van der Waals surface area contributed by atoms with Crippen molar-refractivity contribution >= 4 is 22.6 Å². The predicted octanol–water partition coefficient (Wildman–Crippen LogP) is 3.99. The summed E-state index contributed by atoms with van der Waals surface area (Å²) >= 11 is 6.31. The number of para-hydroxylation sites is 1. The number of hydrogen-bond donors (Lipinski definition) is 0. The molecule has 0 N–H and O–H groups in total. The van der Waals surface area contributed by atoms with Crippen LogP contribution in [0.4, 0.5) is 0 Å². The number of benzene rings is 1. The molecule has 0 bridgehead atoms. The molecule has 1 heterocycles. The van der Waals surface area contributed by atoms with Gasteiger partial charge in [-0.25, -0.2) is 4.98 Å². The molecular weight excluding hydrogens is 260 g/mol. The van der Waals surface area contributed by atoms with Crippen LogP contribution >= 0.6 is 11.6 Å². The van der Waals surface area contributed by atoms with E-state index < -0.39 is 0 Å². The molecule has 0 radical (unpaired) electrons. The van der Waals surface area contributed by atoms with Crippen LogP contribution < -0.4 is 0 Å². The van der Waals surface area contributed by atoms with Gasteiger partial charge in [0, 0.05) is 13.2 Å². The van der Waals surface area contributed by atoms with Crippen LogP contribution in [0.5, 0.6) is 0 Å². The van der Waals surface area contributed by atoms with Gasteiger partial charge in [0.15, 0.2) is 0 Å². The molecule has 0 spiro atoms. The number of aromatic nitrogens is 2. The first-order valence-corrected chi connectivity index (χ1v) is 7.19. The standard InChI is InChI=1S/C15H19ClN2O/c1-9-5-4-6-13-14(9)17-15(10(2)16)18(13)11-7-12(8-11)19-3/h4-6,10-12H,7-8H2,1-3H3. The van der Waals surface area contributed by atoms with Gasteiger partial charge in [0.1, 0.15) is 5.82 Å². The molecule has 1 aliphatic carbocycles. The maximum absolute atomic E-state index is 6.31. The molecule has 3 nitrogen and oxygen atoms in total. The first-order chi connectivity index (χ1) is 9.11. The van der Waals surface area contributed by atoms with E-state index in [0.717, 1.165) is 24.2 Å². The molecule has 3 rings (SSSR count). The SMILES string of the molecule is COC1CC(n2c(C(C)Cl)nc3c(C)cccc32)C1. The third-order valence-electron chi connectivity index (χ3n) is 4.07. The summed E-state index contributed by atoms with van der Waals surface area (Å²) in [6.07, 6.45) is 2.48. The summed E-state index contributed by atoms with van der Waals surface area (Å²) in [5.74, 6) is 0.977. The molecule has 1 unspecified atom stereocenters. The van der Waals surface area contributed by atoms with Gasteiger partial charge in [-0.2, -0.15) is 0 Å². The number of ether oxygens (including phenoxy) is 1. The topological polar surface area (TPSA) is 27.1 Å². The van der Waals surface area contributed by atoms with Gasteiger partial charge < -0.3 is 9.30 Å². The fourth-order valence-electron chi connectivity index (χ4n) is 2.88. The van der Waals surface area contributed by atoms with Crippen molar-refractivity contribution in [3.8, 4) is 0 Å². The Morgan fingerprint density at radius 2 is 2.16 bits per heavy atom. The molecule has 1 saturated carbocycles. The molecule has 1 fully saturated rings. The monoisotopic (exact) mass is 278 g/mol. The Balaban J connectivity index is 2.10. The number of halogens is 1. The van der Waals surface area contributed by atoms with Crippen molar-refractivity contribution in [1.29, 1.82) is 0 Å². The summed E-state index contributed by atoms with van der Waals surface area (Å²) in [6, 6.07) is 6.79. The van der Waals surface area contributed by atoms with Crippen LogP contribution in [-0.4, -0.2) is 22.8 Å². The Kier molecular flexibility index (Phi) is 3.27. The summed E-state index contributed by atoms with van der Waals surface area (Å²) in [6.45, 7) is 4.09. The lowest BCUT2D eigenvalue weighted by atomic mass is 9.88. The van der Waals surface area contributed by atoms with E-state index in [1.807, 2.05) is 6.92 Å². The third-order valence-corrected chi connectivity index (χ3v) is 4.27. The van der Waals surface area contributed by atoms with E-state index in [0.29, 0.717) is 12.1 Å². The van der Waals surface area contributed by atoms with Gasteiger partial charge in [0.2, 0.25) is 0 Å². The molecule has 0 amide bonds. The molecule has 0 aliphatic heterocycles. The Hall–Kier alpha value is -1.06. The fraction of sp³-hybridized carbons (Fsp3) is 0.533. The predicted molar refractivity (Wildman–Crippen MR) is 77.8 cm³/mol. The number of aryl methyl sites for hydroxylation is 1. The van der Waals surface area contributed by atoms with Gasteiger partial charge in [0.25, 0.3) is 0 Å². The van der Waals surface area contributed by atoms with E-state index >= 15 is 0 Å². The van der Waals surface area contributed by atoms with Crippen molar-refractivity contribution in [2.75, 3.05) is 7.11 Å². The van der Waals surface area contributed by atoms with Crippen molar-refractivity contribution in [3.63, 3.8) is 0 Å². The zero-order chi connectivity index (χ0) is 13.6. The van der Waals surface area contributed by atoms with E-state index in [-0.39, 0.29) is 5.38 Å². The van der Waals surface area contributed by atoms with E-state index in [1.165, 1.54) is 11.1 Å². The Bertz CT molecular complexity index is 599. The lowest BCUT2D eigenvalue weighted by Crippen LogP contribution is -2.33. The highest BCUT2D eigenvalue weighted by Crippen LogP contribution is 2.39. The minimum Gasteiger partial charge on any atom is -0.381 e. The Morgan fingerprint density at radius 1 is 1.42 bits per heavy atom. The number of nitrogens with zero attached hydrogens (tertiary/aromatic N) is 2. The van der Waals surface area contributed by atoms with Crippen LogP contribution in [0.2, 0.25) is 0 Å². The van der Waals surface area contributed by atoms with Crippen molar-refractivity contribution in [2.24, 2.45) is 0 Å². The smallest absolute Gasteiger partial charge is 0.127 e. The maximum Gasteiger partial charge on any atom is 0.127 e. The number of imidazole rings is 1. The van der Waals surface area contributed by atoms with Crippen LogP contribution in [0.15, 0.2) is 18.2 Å². The van der Waals surface area contributed by atoms with Crippen molar-refractivity contribution in [3.05, 3.63) is 29.6 Å². The molecule has 1 aromatic heterocycles. The van der Waals surface area contributed by atoms with Gasteiger partial charge in [-0.15, -0.1) is 11.6 Å². The lowest BCUT2D eigenvalue weighted by molar-refractivity contribution is 0.00658. The van der Waals surface area contributed by atoms with Gasteiger partial charge >= 0.3 is 0 Å². The average molecular weight is 279 g/mol. The van der Waals surface area contributed by atoms with E-state index in [4.69, 9.17) is 21.3 Å². The van der Waals surface area contributed by atoms with Crippen LogP contribution in [0.3, 0.4) is 0 Å². The quantitative estimate of drug-likeness (QED) is 0.794. The second-order valence-corrected chi connectivity index (χ2v) is 6.04. The van der Waals surface area contributed by atoms with Gasteiger partial charge in [-0.05, 0) is 38.3 Å². The summed E-state index contributed by atoms with van der Waals surface area (Å²) in [5.41, 5.74) is 3.48. The minimum atomic E-state index is -0.0756. The molecule has 19 heavy (non-hydrogen) atoms. The summed E-state index contributed by atoms with van der Waals surface area (Å²) < 4.78 is 7.70. The molecule has 0 saturated heterocycles. The zero-order valence-electron chi connectivity index (χ0n) is 11.6. The summed E-state index contributed by atoms with van der Waals surface area (Å²) in [4.78, 5) is 4.76. The normalized spacial score (nSPS) is 24.4. The Labute approximate surface area is 118 Å². The molecule has 102 valence electrons. The van der Waals surface area contributed by atoms with Crippen LogP contribution in [0.1, 0.15) is 42.6 Å². The second kappa shape index (κ2) is 4.80. The highest BCUT2D eigenvalue weighted by Gasteiger charge is 2.33. The number of alkyl halides is 1. The van der Waals surface area contributed by atoms with E-state index in [9.17, 15) is 0 Å². The van der Waals surface area contributed by atoms with Gasteiger partial charge in [-0.1, -0.05) is 12.1 Å². The first kappa shape index (κ1) is 12.9. The molecule has 1 aromatic carbocycles. The van der Waals surface area contributed by atoms with Crippen molar-refractivity contribution in [2.45, 2.75) is 44.2 Å². The minimum absolute atomic E-state index is 0.0756. The summed E-state index contributed by atoms with van der Waals surface area (Å²) in [5, 5.41) is -0.0756. The lowest BCUT2D eigenvalue weighted by Gasteiger charge is -2.36. The van der Waals surface area contributed by atoms with Crippen molar-refractivity contribution < 1.29 is 4.74 Å². The average Bonchev–Trinajstić information content (AvgIpc) is 2.69. The van der Waals surface area contributed by atoms with Crippen LogP contribution in [-0.2, 0) is 4.74 Å². The summed E-state index contributed by atoms with van der Waals surface area (Å²) in [7, 11) is 1.78. The second-order valence-electron chi connectivity index (χ2n) is 5.38. The molecule has 2 aromatic rings. The number of rotatable bonds is 3. The van der Waals surface area contributed by atoms with Gasteiger partial charge in [0.05, 0.1) is 22.5 Å². The highest BCUT2D eigenvalue weighted by molar-refractivity contribution is 6.20. The molecule has 1 atom stereocenters. The number of methoxy groups -OCH3 is 1. The van der Waals surface area contributed by atoms with E-state index in [1.54, 1.807) is 7.11 Å². The first-order valence-electron chi connectivity index (χ1n) is 6.76. The third kappa shape index (κ3) is 2.05. The molecule has 1 aliphatic rings. The molecule has 4 heteroatoms. The fourth-order valence-corrected chi connectivity index (χ4v) is 3.03. The Morgan fingerprint density at radius 3 is 2.79 bits per heavy atom. The van der Waals surface area contributed by atoms with Gasteiger partial charge in [-0.3, -0.25) is 0 Å².